The first-order valence-electron chi connectivity index (χ1n) is 5.72. The van der Waals surface area contributed by atoms with E-state index in [1.807, 2.05) is 0 Å². The monoisotopic (exact) mass is 304 g/mol. The molecule has 6 heteroatoms. The minimum absolute atomic E-state index is 0.325. The number of H-pyrrole nitrogens is 1. The third-order valence-electron chi connectivity index (χ3n) is 2.40. The zero-order valence-electron chi connectivity index (χ0n) is 10.1. The molecule has 0 aliphatic carbocycles. The van der Waals surface area contributed by atoms with Crippen LogP contribution in [0.5, 0.6) is 0 Å². The maximum absolute atomic E-state index is 11.7. The molecule has 0 aromatic carbocycles. The lowest BCUT2D eigenvalue weighted by molar-refractivity contribution is 0.0873. The quantitative estimate of drug-likeness (QED) is 0.812. The van der Waals surface area contributed by atoms with Gasteiger partial charge in [0.2, 0.25) is 0 Å². The molecule has 0 amide bonds. The molecule has 17 heavy (non-hydrogen) atoms. The number of halogens is 1. The van der Waals surface area contributed by atoms with Crippen molar-refractivity contribution >= 4 is 15.9 Å². The number of aromatic nitrogens is 2. The molecule has 0 saturated heterocycles. The molecule has 5 nitrogen and oxygen atoms in total. The smallest absolute Gasteiger partial charge is 0.362 e. The molecule has 0 aliphatic rings. The maximum atomic E-state index is 11.7. The van der Waals surface area contributed by atoms with E-state index in [1.165, 1.54) is 0 Å². The summed E-state index contributed by atoms with van der Waals surface area (Å²) in [4.78, 5) is 30.9. The number of hydrogen-bond acceptors (Lipinski definition) is 3. The molecule has 0 bridgehead atoms. The second-order valence-corrected chi connectivity index (χ2v) is 4.66. The highest BCUT2D eigenvalue weighted by molar-refractivity contribution is 9.10. The van der Waals surface area contributed by atoms with Gasteiger partial charge in [-0.3, -0.25) is 4.79 Å². The topological polar surface area (TPSA) is 64.1 Å². The van der Waals surface area contributed by atoms with Crippen molar-refractivity contribution in [3.05, 3.63) is 31.0 Å². The van der Waals surface area contributed by atoms with Crippen LogP contribution in [0.3, 0.4) is 0 Å². The first-order valence-corrected chi connectivity index (χ1v) is 6.52. The lowest BCUT2D eigenvalue weighted by Gasteiger charge is -2.08. The van der Waals surface area contributed by atoms with Gasteiger partial charge < -0.3 is 9.82 Å². The predicted octanol–water partition coefficient (Wildman–Crippen LogP) is 1.62. The van der Waals surface area contributed by atoms with Crippen LogP contribution in [0.2, 0.25) is 0 Å². The highest BCUT2D eigenvalue weighted by Crippen LogP contribution is 2.04. The summed E-state index contributed by atoms with van der Waals surface area (Å²) in [5.74, 6) is 0. The zero-order valence-corrected chi connectivity index (χ0v) is 11.7. The Hall–Kier alpha value is -1.04. The summed E-state index contributed by atoms with van der Waals surface area (Å²) in [5, 5.41) is 0. The first-order chi connectivity index (χ1) is 8.07. The van der Waals surface area contributed by atoms with Crippen LogP contribution in [0.4, 0.5) is 0 Å². The molecular formula is C11H17BrN2O3. The van der Waals surface area contributed by atoms with E-state index in [0.29, 0.717) is 16.8 Å². The van der Waals surface area contributed by atoms with E-state index in [-0.39, 0.29) is 0 Å². The summed E-state index contributed by atoms with van der Waals surface area (Å²) in [7, 11) is 0. The summed E-state index contributed by atoms with van der Waals surface area (Å²) >= 11 is 3.11. The molecule has 1 N–H and O–H groups in total. The van der Waals surface area contributed by atoms with Gasteiger partial charge in [0.1, 0.15) is 11.1 Å². The van der Waals surface area contributed by atoms with Gasteiger partial charge in [-0.2, -0.15) is 0 Å². The Kier molecular flexibility index (Phi) is 5.47. The van der Waals surface area contributed by atoms with E-state index in [4.69, 9.17) is 4.84 Å². The molecule has 0 atom stereocenters. The van der Waals surface area contributed by atoms with Gasteiger partial charge >= 0.3 is 11.2 Å². The Bertz CT molecular complexity index is 479. The molecule has 0 fully saturated rings. The van der Waals surface area contributed by atoms with Crippen molar-refractivity contribution in [2.45, 2.75) is 39.5 Å². The van der Waals surface area contributed by atoms with Gasteiger partial charge in [-0.05, 0) is 35.7 Å². The third-order valence-corrected chi connectivity index (χ3v) is 3.33. The Balaban J connectivity index is 2.69. The normalized spacial score (nSPS) is 10.5. The van der Waals surface area contributed by atoms with Crippen molar-refractivity contribution in [3.63, 3.8) is 0 Å². The van der Waals surface area contributed by atoms with Crippen LogP contribution in [0.1, 0.15) is 38.3 Å². The summed E-state index contributed by atoms with van der Waals surface area (Å²) in [6.45, 7) is 4.14. The molecule has 0 unspecified atom stereocenters. The van der Waals surface area contributed by atoms with Crippen molar-refractivity contribution in [1.29, 1.82) is 0 Å². The van der Waals surface area contributed by atoms with E-state index in [1.54, 1.807) is 6.92 Å². The van der Waals surface area contributed by atoms with Gasteiger partial charge in [-0.1, -0.05) is 24.5 Å². The van der Waals surface area contributed by atoms with E-state index in [9.17, 15) is 9.59 Å². The highest BCUT2D eigenvalue weighted by atomic mass is 79.9. The van der Waals surface area contributed by atoms with Crippen molar-refractivity contribution in [2.75, 3.05) is 6.61 Å². The minimum atomic E-state index is -0.536. The van der Waals surface area contributed by atoms with Gasteiger partial charge in [0.15, 0.2) is 0 Å². The molecule has 0 radical (unpaired) electrons. The van der Waals surface area contributed by atoms with Gasteiger partial charge in [-0.25, -0.2) is 4.79 Å². The lowest BCUT2D eigenvalue weighted by atomic mass is 10.2. The van der Waals surface area contributed by atoms with Gasteiger partial charge in [-0.15, -0.1) is 0 Å². The van der Waals surface area contributed by atoms with Gasteiger partial charge in [0.05, 0.1) is 0 Å². The van der Waals surface area contributed by atoms with Crippen molar-refractivity contribution < 1.29 is 4.84 Å². The summed E-state index contributed by atoms with van der Waals surface area (Å²) in [6.07, 6.45) is 4.14. The Labute approximate surface area is 108 Å². The number of rotatable bonds is 6. The zero-order chi connectivity index (χ0) is 12.8. The Morgan fingerprint density at radius 2 is 2.00 bits per heavy atom. The number of nitrogens with one attached hydrogen (secondary N) is 1. The number of nitrogens with zero attached hydrogens (tertiary/aromatic N) is 1. The third kappa shape index (κ3) is 3.73. The van der Waals surface area contributed by atoms with Crippen molar-refractivity contribution in [1.82, 2.24) is 9.71 Å². The average Bonchev–Trinajstić information content (AvgIpc) is 2.30. The van der Waals surface area contributed by atoms with Crippen LogP contribution in [0.15, 0.2) is 14.1 Å². The number of unbranched alkanes of at least 4 members (excludes halogenated alkanes) is 3. The molecule has 1 heterocycles. The molecule has 1 aromatic heterocycles. The maximum Gasteiger partial charge on any atom is 0.362 e. The highest BCUT2D eigenvalue weighted by Gasteiger charge is 2.09. The number of hydrogen-bond donors (Lipinski definition) is 1. The molecule has 1 aromatic rings. The van der Waals surface area contributed by atoms with Crippen LogP contribution in [0, 0.1) is 6.92 Å². The fourth-order valence-electron chi connectivity index (χ4n) is 1.41. The lowest BCUT2D eigenvalue weighted by Crippen LogP contribution is -2.41. The molecule has 0 aliphatic heterocycles. The van der Waals surface area contributed by atoms with Crippen molar-refractivity contribution in [3.8, 4) is 0 Å². The molecule has 0 spiro atoms. The van der Waals surface area contributed by atoms with Gasteiger partial charge in [0, 0.05) is 5.69 Å². The van der Waals surface area contributed by atoms with E-state index >= 15 is 0 Å². The fourth-order valence-corrected chi connectivity index (χ4v) is 1.67. The summed E-state index contributed by atoms with van der Waals surface area (Å²) < 4.78 is 1.09. The van der Waals surface area contributed by atoms with E-state index in [2.05, 4.69) is 27.8 Å². The summed E-state index contributed by atoms with van der Waals surface area (Å²) in [6, 6.07) is 0. The van der Waals surface area contributed by atoms with Gasteiger partial charge in [0.25, 0.3) is 0 Å². The van der Waals surface area contributed by atoms with Crippen LogP contribution < -0.4 is 16.1 Å². The molecule has 96 valence electrons. The largest absolute Gasteiger partial charge is 0.406 e. The summed E-state index contributed by atoms with van der Waals surface area (Å²) in [5.41, 5.74) is -0.487. The first kappa shape index (κ1) is 14.0. The van der Waals surface area contributed by atoms with Crippen LogP contribution >= 0.6 is 15.9 Å². The Morgan fingerprint density at radius 1 is 1.29 bits per heavy atom. The fraction of sp³-hybridized carbons (Fsp3) is 0.636. The number of aromatic amines is 1. The Morgan fingerprint density at radius 3 is 2.65 bits per heavy atom. The molecular weight excluding hydrogens is 288 g/mol. The van der Waals surface area contributed by atoms with Crippen LogP contribution in [0.25, 0.3) is 0 Å². The van der Waals surface area contributed by atoms with E-state index < -0.39 is 11.2 Å². The van der Waals surface area contributed by atoms with Crippen LogP contribution in [-0.2, 0) is 0 Å². The predicted molar refractivity (Wildman–Crippen MR) is 69.3 cm³/mol. The minimum Gasteiger partial charge on any atom is -0.406 e. The number of aryl methyl sites for hydroxylation is 1. The SMILES string of the molecule is CCCCCCOn1c(=O)[nH]c(C)c(Br)c1=O. The molecule has 1 rings (SSSR count). The van der Waals surface area contributed by atoms with Crippen molar-refractivity contribution in [2.24, 2.45) is 0 Å². The standard InChI is InChI=1S/C11H17BrN2O3/c1-3-4-5-6-7-17-14-10(15)9(12)8(2)13-11(14)16/h3-7H2,1-2H3,(H,13,16). The second-order valence-electron chi connectivity index (χ2n) is 3.86. The van der Waals surface area contributed by atoms with Crippen LogP contribution in [-0.4, -0.2) is 16.3 Å². The molecule has 0 saturated carbocycles. The van der Waals surface area contributed by atoms with E-state index in [0.717, 1.165) is 30.4 Å². The second kappa shape index (κ2) is 6.64. The average molecular weight is 305 g/mol.